The number of aromatic hydroxyl groups is 1. The predicted molar refractivity (Wildman–Crippen MR) is 79.8 cm³/mol. The van der Waals surface area contributed by atoms with E-state index < -0.39 is 27.5 Å². The van der Waals surface area contributed by atoms with Crippen molar-refractivity contribution in [1.29, 1.82) is 0 Å². The van der Waals surface area contributed by atoms with Crippen LogP contribution in [-0.2, 0) is 16.2 Å². The Morgan fingerprint density at radius 1 is 1.04 bits per heavy atom. The van der Waals surface area contributed by atoms with Gasteiger partial charge < -0.3 is 5.11 Å². The highest BCUT2D eigenvalue weighted by Gasteiger charge is 2.34. The Kier molecular flexibility index (Phi) is 4.30. The van der Waals surface area contributed by atoms with Crippen molar-refractivity contribution in [2.45, 2.75) is 24.9 Å². The molecule has 4 nitrogen and oxygen atoms in total. The number of sulfonamides is 1. The van der Waals surface area contributed by atoms with Gasteiger partial charge in [0.2, 0.25) is 0 Å². The van der Waals surface area contributed by atoms with Crippen LogP contribution < -0.4 is 4.72 Å². The Morgan fingerprint density at radius 2 is 1.70 bits per heavy atom. The predicted octanol–water partition coefficient (Wildman–Crippen LogP) is 3.83. The van der Waals surface area contributed by atoms with E-state index >= 15 is 0 Å². The Hall–Kier alpha value is -2.22. The summed E-state index contributed by atoms with van der Waals surface area (Å²) in [6, 6.07) is 7.00. The van der Waals surface area contributed by atoms with Crippen LogP contribution in [0.2, 0.25) is 0 Å². The Balaban J connectivity index is 2.36. The number of benzene rings is 2. The van der Waals surface area contributed by atoms with Crippen molar-refractivity contribution in [1.82, 2.24) is 0 Å². The van der Waals surface area contributed by atoms with E-state index in [4.69, 9.17) is 0 Å². The van der Waals surface area contributed by atoms with Crippen LogP contribution in [0.3, 0.4) is 0 Å². The van der Waals surface area contributed by atoms with Crippen LogP contribution >= 0.6 is 0 Å². The number of nitrogens with one attached hydrogen (secondary N) is 1. The van der Waals surface area contributed by atoms with Crippen LogP contribution in [0.1, 0.15) is 16.7 Å². The molecule has 0 aliphatic rings. The molecule has 124 valence electrons. The van der Waals surface area contributed by atoms with Crippen molar-refractivity contribution in [3.63, 3.8) is 0 Å². The lowest BCUT2D eigenvalue weighted by molar-refractivity contribution is -0.138. The third-order valence-electron chi connectivity index (χ3n) is 3.18. The highest BCUT2D eigenvalue weighted by Crippen LogP contribution is 2.37. The summed E-state index contributed by atoms with van der Waals surface area (Å²) in [6.45, 7) is 3.43. The molecular weight excluding hydrogens is 331 g/mol. The summed E-state index contributed by atoms with van der Waals surface area (Å²) in [5.74, 6) is -1.04. The van der Waals surface area contributed by atoms with Gasteiger partial charge in [-0.25, -0.2) is 8.42 Å². The van der Waals surface area contributed by atoms with Gasteiger partial charge in [-0.05, 0) is 37.6 Å². The first-order chi connectivity index (χ1) is 10.5. The molecule has 0 radical (unpaired) electrons. The van der Waals surface area contributed by atoms with Gasteiger partial charge >= 0.3 is 6.18 Å². The molecule has 0 atom stereocenters. The first kappa shape index (κ1) is 17.1. The Morgan fingerprint density at radius 3 is 2.22 bits per heavy atom. The molecule has 2 N–H and O–H groups in total. The molecule has 0 spiro atoms. The Labute approximate surface area is 131 Å². The monoisotopic (exact) mass is 345 g/mol. The van der Waals surface area contributed by atoms with Gasteiger partial charge in [0.1, 0.15) is 5.75 Å². The average Bonchev–Trinajstić information content (AvgIpc) is 2.35. The highest BCUT2D eigenvalue weighted by atomic mass is 32.2. The molecule has 2 rings (SSSR count). The lowest BCUT2D eigenvalue weighted by Gasteiger charge is -2.13. The molecule has 2 aromatic carbocycles. The summed E-state index contributed by atoms with van der Waals surface area (Å²) in [4.78, 5) is 0.0162. The SMILES string of the molecule is Cc1ccc(S(=O)(=O)Nc2ccc(C(F)(F)F)c(O)c2)c(C)c1. The van der Waals surface area contributed by atoms with Gasteiger partial charge in [0, 0.05) is 6.07 Å². The van der Waals surface area contributed by atoms with Gasteiger partial charge in [-0.3, -0.25) is 4.72 Å². The summed E-state index contributed by atoms with van der Waals surface area (Å²) < 4.78 is 64.5. The zero-order valence-electron chi connectivity index (χ0n) is 12.3. The van der Waals surface area contributed by atoms with Gasteiger partial charge in [-0.1, -0.05) is 17.7 Å². The minimum absolute atomic E-state index is 0.0162. The van der Waals surface area contributed by atoms with Crippen LogP contribution in [0.5, 0.6) is 5.75 Å². The largest absolute Gasteiger partial charge is 0.507 e. The van der Waals surface area contributed by atoms with E-state index in [-0.39, 0.29) is 10.6 Å². The first-order valence-electron chi connectivity index (χ1n) is 6.51. The second-order valence-electron chi connectivity index (χ2n) is 5.10. The molecule has 0 fully saturated rings. The number of phenolic OH excluding ortho intramolecular Hbond substituents is 1. The summed E-state index contributed by atoms with van der Waals surface area (Å²) in [5, 5.41) is 9.43. The fourth-order valence-electron chi connectivity index (χ4n) is 2.15. The molecule has 0 saturated carbocycles. The number of hydrogen-bond donors (Lipinski definition) is 2. The first-order valence-corrected chi connectivity index (χ1v) is 7.99. The normalized spacial score (nSPS) is 12.2. The maximum absolute atomic E-state index is 12.6. The molecule has 0 aliphatic heterocycles. The third kappa shape index (κ3) is 3.76. The minimum Gasteiger partial charge on any atom is -0.507 e. The molecule has 23 heavy (non-hydrogen) atoms. The van der Waals surface area contributed by atoms with Gasteiger partial charge in [-0.2, -0.15) is 13.2 Å². The van der Waals surface area contributed by atoms with Crippen LogP contribution in [0.15, 0.2) is 41.3 Å². The molecule has 0 saturated heterocycles. The molecule has 2 aromatic rings. The maximum atomic E-state index is 12.6. The summed E-state index contributed by atoms with van der Waals surface area (Å²) in [6.07, 6.45) is -4.71. The highest BCUT2D eigenvalue weighted by molar-refractivity contribution is 7.92. The standard InChI is InChI=1S/C15H14F3NO3S/c1-9-3-6-14(10(2)7-9)23(21,22)19-11-4-5-12(13(20)8-11)15(16,17)18/h3-8,19-20H,1-2H3. The molecule has 0 heterocycles. The number of halogens is 3. The van der Waals surface area contributed by atoms with Crippen molar-refractivity contribution < 1.29 is 26.7 Å². The van der Waals surface area contributed by atoms with Crippen LogP contribution in [0.25, 0.3) is 0 Å². The van der Waals surface area contributed by atoms with Crippen molar-refractivity contribution in [3.05, 3.63) is 53.1 Å². The van der Waals surface area contributed by atoms with E-state index in [2.05, 4.69) is 4.72 Å². The molecule has 0 bridgehead atoms. The lowest BCUT2D eigenvalue weighted by atomic mass is 10.2. The van der Waals surface area contributed by atoms with E-state index in [0.29, 0.717) is 11.6 Å². The van der Waals surface area contributed by atoms with E-state index in [1.165, 1.54) is 6.07 Å². The van der Waals surface area contributed by atoms with Gasteiger partial charge in [0.05, 0.1) is 16.1 Å². The summed E-state index contributed by atoms with van der Waals surface area (Å²) in [7, 11) is -3.97. The molecular formula is C15H14F3NO3S. The van der Waals surface area contributed by atoms with E-state index in [1.54, 1.807) is 19.1 Å². The number of aryl methyl sites for hydroxylation is 2. The smallest absolute Gasteiger partial charge is 0.419 e. The second kappa shape index (κ2) is 5.77. The van der Waals surface area contributed by atoms with E-state index in [1.807, 2.05) is 6.92 Å². The van der Waals surface area contributed by atoms with Crippen LogP contribution in [0, 0.1) is 13.8 Å². The zero-order valence-corrected chi connectivity index (χ0v) is 13.1. The molecule has 0 aromatic heterocycles. The van der Waals surface area contributed by atoms with Gasteiger partial charge in [-0.15, -0.1) is 0 Å². The van der Waals surface area contributed by atoms with E-state index in [9.17, 15) is 26.7 Å². The fourth-order valence-corrected chi connectivity index (χ4v) is 3.42. The summed E-state index contributed by atoms with van der Waals surface area (Å²) >= 11 is 0. The van der Waals surface area contributed by atoms with Crippen LogP contribution in [-0.4, -0.2) is 13.5 Å². The van der Waals surface area contributed by atoms with Crippen molar-refractivity contribution >= 4 is 15.7 Å². The maximum Gasteiger partial charge on any atom is 0.419 e. The summed E-state index contributed by atoms with van der Waals surface area (Å²) in [5.41, 5.74) is 0.00435. The van der Waals surface area contributed by atoms with Crippen molar-refractivity contribution in [2.24, 2.45) is 0 Å². The van der Waals surface area contributed by atoms with Crippen molar-refractivity contribution in [3.8, 4) is 5.75 Å². The quantitative estimate of drug-likeness (QED) is 0.888. The van der Waals surface area contributed by atoms with Gasteiger partial charge in [0.15, 0.2) is 0 Å². The molecule has 0 unspecified atom stereocenters. The fraction of sp³-hybridized carbons (Fsp3) is 0.200. The van der Waals surface area contributed by atoms with E-state index in [0.717, 1.165) is 17.7 Å². The lowest BCUT2D eigenvalue weighted by Crippen LogP contribution is -2.14. The third-order valence-corrected chi connectivity index (χ3v) is 4.72. The zero-order chi connectivity index (χ0) is 17.4. The number of phenols is 1. The second-order valence-corrected chi connectivity index (χ2v) is 6.75. The molecule has 0 amide bonds. The Bertz CT molecular complexity index is 846. The number of alkyl halides is 3. The number of anilines is 1. The molecule has 0 aliphatic carbocycles. The number of hydrogen-bond acceptors (Lipinski definition) is 3. The van der Waals surface area contributed by atoms with Gasteiger partial charge in [0.25, 0.3) is 10.0 Å². The topological polar surface area (TPSA) is 66.4 Å². The van der Waals surface area contributed by atoms with Crippen molar-refractivity contribution in [2.75, 3.05) is 4.72 Å². The number of rotatable bonds is 3. The average molecular weight is 345 g/mol. The van der Waals surface area contributed by atoms with Crippen LogP contribution in [0.4, 0.5) is 18.9 Å². The minimum atomic E-state index is -4.71. The molecule has 8 heteroatoms.